The molecule has 96 valence electrons. The minimum Gasteiger partial charge on any atom is -0.374 e. The van der Waals surface area contributed by atoms with Crippen LogP contribution in [0.1, 0.15) is 36.9 Å². The number of hydrogen-bond donors (Lipinski definition) is 0. The quantitative estimate of drug-likeness (QED) is 0.697. The van der Waals surface area contributed by atoms with Crippen LogP contribution in [0.5, 0.6) is 0 Å². The van der Waals surface area contributed by atoms with E-state index in [1.165, 1.54) is 22.7 Å². The molecule has 1 aliphatic heterocycles. The molecule has 1 aromatic heterocycles. The van der Waals surface area contributed by atoms with Gasteiger partial charge in [0, 0.05) is 56.6 Å². The lowest BCUT2D eigenvalue weighted by Crippen LogP contribution is -2.43. The van der Waals surface area contributed by atoms with E-state index in [2.05, 4.69) is 54.9 Å². The van der Waals surface area contributed by atoms with Crippen LogP contribution in [0.25, 0.3) is 0 Å². The number of hydrogen-bond acceptors (Lipinski definition) is 3. The summed E-state index contributed by atoms with van der Waals surface area (Å²) in [7, 11) is 4.42. The molecular weight excluding hydrogens is 222 g/mol. The van der Waals surface area contributed by atoms with E-state index in [0.29, 0.717) is 11.8 Å². The number of fused-ring (bicyclic) bond motifs is 1. The number of rotatable bonds is 0. The zero-order valence-electron chi connectivity index (χ0n) is 11.6. The Labute approximate surface area is 109 Å². The minimum absolute atomic E-state index is 0.403. The van der Waals surface area contributed by atoms with Crippen LogP contribution >= 0.6 is 0 Å². The molecule has 0 amide bonds. The van der Waals surface area contributed by atoms with Crippen LogP contribution in [-0.4, -0.2) is 42.0 Å². The summed E-state index contributed by atoms with van der Waals surface area (Å²) < 4.78 is 0. The molecule has 0 fully saturated rings. The molecule has 3 heteroatoms. The maximum Gasteiger partial charge on any atom is 0.0529 e. The summed E-state index contributed by atoms with van der Waals surface area (Å²) in [5.41, 5.74) is 5.59. The van der Waals surface area contributed by atoms with Gasteiger partial charge in [-0.3, -0.25) is 4.98 Å². The van der Waals surface area contributed by atoms with Crippen LogP contribution in [0.15, 0.2) is 29.7 Å². The Kier molecular flexibility index (Phi) is 2.58. The van der Waals surface area contributed by atoms with Crippen LogP contribution in [0, 0.1) is 0 Å². The van der Waals surface area contributed by atoms with Crippen molar-refractivity contribution < 1.29 is 0 Å². The van der Waals surface area contributed by atoms with Crippen LogP contribution in [0.4, 0.5) is 0 Å². The molecule has 2 heterocycles. The van der Waals surface area contributed by atoms with Crippen molar-refractivity contribution in [2.75, 3.05) is 27.2 Å². The van der Waals surface area contributed by atoms with Gasteiger partial charge >= 0.3 is 0 Å². The van der Waals surface area contributed by atoms with Gasteiger partial charge in [-0.2, -0.15) is 0 Å². The van der Waals surface area contributed by atoms with Gasteiger partial charge in [-0.1, -0.05) is 19.9 Å². The van der Waals surface area contributed by atoms with E-state index in [0.717, 1.165) is 13.1 Å². The Morgan fingerprint density at radius 2 is 1.67 bits per heavy atom. The highest BCUT2D eigenvalue weighted by Gasteiger charge is 2.36. The molecule has 2 aliphatic rings. The van der Waals surface area contributed by atoms with E-state index in [1.807, 2.05) is 6.20 Å². The fourth-order valence-corrected chi connectivity index (χ4v) is 3.47. The molecule has 2 unspecified atom stereocenters. The fraction of sp³-hybridized carbons (Fsp3) is 0.533. The predicted molar refractivity (Wildman–Crippen MR) is 73.4 cm³/mol. The van der Waals surface area contributed by atoms with Gasteiger partial charge in [0.1, 0.15) is 0 Å². The van der Waals surface area contributed by atoms with E-state index in [9.17, 15) is 0 Å². The lowest BCUT2D eigenvalue weighted by Gasteiger charge is -2.45. The molecule has 1 aromatic rings. The van der Waals surface area contributed by atoms with Crippen molar-refractivity contribution in [3.63, 3.8) is 0 Å². The number of allylic oxidation sites excluding steroid dienone is 2. The van der Waals surface area contributed by atoms with Crippen molar-refractivity contribution in [3.05, 3.63) is 41.0 Å². The third-order valence-electron chi connectivity index (χ3n) is 4.42. The number of likely N-dealkylation sites (N-methyl/N-ethyl adjacent to an activating group) is 2. The van der Waals surface area contributed by atoms with E-state index >= 15 is 0 Å². The van der Waals surface area contributed by atoms with E-state index < -0.39 is 0 Å². The predicted octanol–water partition coefficient (Wildman–Crippen LogP) is 2.39. The van der Waals surface area contributed by atoms with Gasteiger partial charge < -0.3 is 9.80 Å². The summed E-state index contributed by atoms with van der Waals surface area (Å²) in [5, 5.41) is 0. The number of nitrogens with zero attached hydrogens (tertiary/aromatic N) is 3. The Bertz CT molecular complexity index is 461. The summed E-state index contributed by atoms with van der Waals surface area (Å²) >= 11 is 0. The first-order valence-corrected chi connectivity index (χ1v) is 6.72. The zero-order chi connectivity index (χ0) is 12.9. The molecule has 18 heavy (non-hydrogen) atoms. The molecule has 0 saturated heterocycles. The second kappa shape index (κ2) is 4.01. The topological polar surface area (TPSA) is 19.4 Å². The van der Waals surface area contributed by atoms with Gasteiger partial charge in [-0.05, 0) is 11.6 Å². The molecule has 3 nitrogen and oxygen atoms in total. The number of aromatic nitrogens is 1. The van der Waals surface area contributed by atoms with Crippen LogP contribution in [-0.2, 0) is 0 Å². The monoisotopic (exact) mass is 243 g/mol. The lowest BCUT2D eigenvalue weighted by molar-refractivity contribution is 0.243. The third kappa shape index (κ3) is 1.46. The lowest BCUT2D eigenvalue weighted by atomic mass is 9.80. The Hall–Kier alpha value is -1.51. The Balaban J connectivity index is 2.19. The zero-order valence-corrected chi connectivity index (χ0v) is 11.6. The number of pyridine rings is 1. The maximum absolute atomic E-state index is 4.62. The first-order valence-electron chi connectivity index (χ1n) is 6.72. The van der Waals surface area contributed by atoms with Crippen LogP contribution in [0.3, 0.4) is 0 Å². The summed E-state index contributed by atoms with van der Waals surface area (Å²) in [4.78, 5) is 9.46. The van der Waals surface area contributed by atoms with Gasteiger partial charge in [-0.25, -0.2) is 0 Å². The average molecular weight is 243 g/mol. The molecule has 0 N–H and O–H groups in total. The van der Waals surface area contributed by atoms with E-state index in [-0.39, 0.29) is 0 Å². The van der Waals surface area contributed by atoms with Crippen molar-refractivity contribution in [1.82, 2.24) is 14.8 Å². The third-order valence-corrected chi connectivity index (χ3v) is 4.42. The van der Waals surface area contributed by atoms with Crippen molar-refractivity contribution in [1.29, 1.82) is 0 Å². The Morgan fingerprint density at radius 1 is 1.06 bits per heavy atom. The van der Waals surface area contributed by atoms with Gasteiger partial charge in [-0.15, -0.1) is 0 Å². The van der Waals surface area contributed by atoms with Crippen molar-refractivity contribution in [2.45, 2.75) is 25.7 Å². The van der Waals surface area contributed by atoms with Gasteiger partial charge in [0.15, 0.2) is 0 Å². The second-order valence-electron chi connectivity index (χ2n) is 5.53. The van der Waals surface area contributed by atoms with Crippen molar-refractivity contribution >= 4 is 0 Å². The van der Waals surface area contributed by atoms with E-state index in [4.69, 9.17) is 0 Å². The smallest absolute Gasteiger partial charge is 0.0529 e. The molecule has 3 rings (SSSR count). The van der Waals surface area contributed by atoms with Gasteiger partial charge in [0.05, 0.1) is 5.69 Å². The average Bonchev–Trinajstić information content (AvgIpc) is 2.38. The van der Waals surface area contributed by atoms with Gasteiger partial charge in [0.25, 0.3) is 0 Å². The van der Waals surface area contributed by atoms with Crippen molar-refractivity contribution in [2.24, 2.45) is 0 Å². The fourth-order valence-electron chi connectivity index (χ4n) is 3.47. The highest BCUT2D eigenvalue weighted by Crippen LogP contribution is 2.44. The molecule has 2 atom stereocenters. The normalized spacial score (nSPS) is 27.1. The molecule has 0 saturated carbocycles. The molecule has 0 bridgehead atoms. The summed E-state index contributed by atoms with van der Waals surface area (Å²) in [5.74, 6) is 0.854. The minimum atomic E-state index is 0.403. The highest BCUT2D eigenvalue weighted by atomic mass is 15.2. The molecular formula is C15H21N3. The molecule has 1 aliphatic carbocycles. The molecule has 0 radical (unpaired) electrons. The Morgan fingerprint density at radius 3 is 2.33 bits per heavy atom. The maximum atomic E-state index is 4.62. The second-order valence-corrected chi connectivity index (χ2v) is 5.53. The van der Waals surface area contributed by atoms with Crippen LogP contribution < -0.4 is 0 Å². The highest BCUT2D eigenvalue weighted by molar-refractivity contribution is 5.44. The summed E-state index contributed by atoms with van der Waals surface area (Å²) in [6, 6.07) is 4.29. The standard InChI is InChI=1S/C15H21N3/c1-10-12-6-5-7-16-13(12)11(2)15-14(10)17(3)8-9-18(15)4/h5-7,10-11H,8-9H2,1-4H3. The van der Waals surface area contributed by atoms with Crippen molar-refractivity contribution in [3.8, 4) is 0 Å². The van der Waals surface area contributed by atoms with E-state index in [1.54, 1.807) is 0 Å². The summed E-state index contributed by atoms with van der Waals surface area (Å²) in [6.07, 6.45) is 1.92. The van der Waals surface area contributed by atoms with Gasteiger partial charge in [0.2, 0.25) is 0 Å². The molecule has 0 spiro atoms. The molecule has 0 aromatic carbocycles. The SMILES string of the molecule is CC1C2=C(C(C)c3ncccc31)N(C)CCN2C. The first kappa shape index (κ1) is 11.6. The summed E-state index contributed by atoms with van der Waals surface area (Å²) in [6.45, 7) is 6.80. The first-order chi connectivity index (χ1) is 8.61. The van der Waals surface area contributed by atoms with Crippen LogP contribution in [0.2, 0.25) is 0 Å². The largest absolute Gasteiger partial charge is 0.374 e.